The van der Waals surface area contributed by atoms with Crippen LogP contribution >= 0.6 is 0 Å². The van der Waals surface area contributed by atoms with Gasteiger partial charge >= 0.3 is 0 Å². The summed E-state index contributed by atoms with van der Waals surface area (Å²) >= 11 is 0. The Balaban J connectivity index is 1.62. The van der Waals surface area contributed by atoms with E-state index >= 15 is 0 Å². The second-order valence-electron chi connectivity index (χ2n) is 4.50. The van der Waals surface area contributed by atoms with Gasteiger partial charge in [-0.25, -0.2) is 4.98 Å². The maximum atomic E-state index is 5.35. The second-order valence-corrected chi connectivity index (χ2v) is 4.50. The lowest BCUT2D eigenvalue weighted by atomic mass is 10.1. The number of hydrogen-bond acceptors (Lipinski definition) is 4. The van der Waals surface area contributed by atoms with Crippen LogP contribution in [0.25, 0.3) is 11.0 Å². The van der Waals surface area contributed by atoms with Crippen LogP contribution in [-0.4, -0.2) is 24.1 Å². The quantitative estimate of drug-likeness (QED) is 0.848. The Morgan fingerprint density at radius 1 is 1.47 bits per heavy atom. The maximum absolute atomic E-state index is 5.35. The lowest BCUT2D eigenvalue weighted by Gasteiger charge is -2.11. The molecule has 4 heteroatoms. The Kier molecular flexibility index (Phi) is 2.96. The number of furan rings is 1. The third-order valence-electron chi connectivity index (χ3n) is 3.33. The van der Waals surface area contributed by atoms with Crippen LogP contribution in [0.4, 0.5) is 5.82 Å². The van der Waals surface area contributed by atoms with E-state index in [4.69, 9.17) is 4.42 Å². The van der Waals surface area contributed by atoms with Gasteiger partial charge in [0.1, 0.15) is 11.4 Å². The van der Waals surface area contributed by atoms with Gasteiger partial charge < -0.3 is 15.1 Å². The van der Waals surface area contributed by atoms with Gasteiger partial charge in [-0.05, 0) is 37.9 Å². The van der Waals surface area contributed by atoms with Crippen molar-refractivity contribution in [2.24, 2.45) is 0 Å². The number of nitrogens with one attached hydrogen (secondary N) is 2. The van der Waals surface area contributed by atoms with E-state index in [0.717, 1.165) is 29.8 Å². The van der Waals surface area contributed by atoms with Crippen LogP contribution in [0.2, 0.25) is 0 Å². The fourth-order valence-corrected chi connectivity index (χ4v) is 2.40. The molecule has 1 aliphatic rings. The van der Waals surface area contributed by atoms with Crippen molar-refractivity contribution in [1.29, 1.82) is 0 Å². The highest BCUT2D eigenvalue weighted by Gasteiger charge is 2.13. The molecule has 0 spiro atoms. The Hall–Kier alpha value is -1.55. The highest BCUT2D eigenvalue weighted by Crippen LogP contribution is 2.21. The maximum Gasteiger partial charge on any atom is 0.139 e. The number of nitrogens with zero attached hydrogens (tertiary/aromatic N) is 1. The Morgan fingerprint density at radius 2 is 2.47 bits per heavy atom. The fourth-order valence-electron chi connectivity index (χ4n) is 2.40. The van der Waals surface area contributed by atoms with E-state index in [9.17, 15) is 0 Å². The third-order valence-corrected chi connectivity index (χ3v) is 3.33. The van der Waals surface area contributed by atoms with Gasteiger partial charge in [0.05, 0.1) is 11.6 Å². The third kappa shape index (κ3) is 2.26. The van der Waals surface area contributed by atoms with Gasteiger partial charge in [0.2, 0.25) is 0 Å². The predicted molar refractivity (Wildman–Crippen MR) is 68.1 cm³/mol. The van der Waals surface area contributed by atoms with E-state index < -0.39 is 0 Å². The van der Waals surface area contributed by atoms with E-state index in [-0.39, 0.29) is 0 Å². The molecule has 0 aliphatic carbocycles. The summed E-state index contributed by atoms with van der Waals surface area (Å²) in [7, 11) is 0. The molecule has 2 N–H and O–H groups in total. The van der Waals surface area contributed by atoms with Crippen molar-refractivity contribution in [1.82, 2.24) is 10.3 Å². The molecule has 0 radical (unpaired) electrons. The first-order chi connectivity index (χ1) is 8.43. The number of aromatic nitrogens is 1. The molecular weight excluding hydrogens is 214 g/mol. The van der Waals surface area contributed by atoms with Crippen LogP contribution in [0.15, 0.2) is 29.0 Å². The van der Waals surface area contributed by atoms with Gasteiger partial charge in [-0.3, -0.25) is 0 Å². The highest BCUT2D eigenvalue weighted by atomic mass is 16.3. The molecule has 0 bridgehead atoms. The molecule has 0 amide bonds. The largest absolute Gasteiger partial charge is 0.464 e. The number of rotatable bonds is 4. The summed E-state index contributed by atoms with van der Waals surface area (Å²) in [6.45, 7) is 2.12. The zero-order valence-corrected chi connectivity index (χ0v) is 9.78. The Morgan fingerprint density at radius 3 is 3.35 bits per heavy atom. The standard InChI is InChI=1S/C13H17N3O/c1-2-10(14-6-1)3-7-15-13-11-5-9-17-12(11)4-8-16-13/h4-5,8-10,14H,1-3,6-7H2,(H,15,16)/t10-/m0/s1. The van der Waals surface area contributed by atoms with Crippen LogP contribution in [0.1, 0.15) is 19.3 Å². The summed E-state index contributed by atoms with van der Waals surface area (Å²) in [6, 6.07) is 4.52. The Bertz CT molecular complexity index is 488. The molecule has 3 rings (SSSR count). The lowest BCUT2D eigenvalue weighted by Crippen LogP contribution is -2.24. The average molecular weight is 231 g/mol. The fraction of sp³-hybridized carbons (Fsp3) is 0.462. The summed E-state index contributed by atoms with van der Waals surface area (Å²) in [6.07, 6.45) is 7.24. The van der Waals surface area contributed by atoms with Crippen LogP contribution < -0.4 is 10.6 Å². The van der Waals surface area contributed by atoms with Crippen LogP contribution in [0.5, 0.6) is 0 Å². The van der Waals surface area contributed by atoms with Crippen LogP contribution in [-0.2, 0) is 0 Å². The molecule has 1 fully saturated rings. The molecule has 0 unspecified atom stereocenters. The smallest absolute Gasteiger partial charge is 0.139 e. The van der Waals surface area contributed by atoms with E-state index in [0.29, 0.717) is 6.04 Å². The van der Waals surface area contributed by atoms with Crippen LogP contribution in [0, 0.1) is 0 Å². The highest BCUT2D eigenvalue weighted by molar-refractivity contribution is 5.87. The predicted octanol–water partition coefficient (Wildman–Crippen LogP) is 2.38. The van der Waals surface area contributed by atoms with E-state index in [1.54, 1.807) is 12.5 Å². The van der Waals surface area contributed by atoms with Crippen molar-refractivity contribution >= 4 is 16.8 Å². The number of pyridine rings is 1. The first-order valence-corrected chi connectivity index (χ1v) is 6.23. The molecular formula is C13H17N3O. The first-order valence-electron chi connectivity index (χ1n) is 6.23. The summed E-state index contributed by atoms with van der Waals surface area (Å²) in [5, 5.41) is 7.95. The molecule has 0 saturated carbocycles. The topological polar surface area (TPSA) is 50.1 Å². The van der Waals surface area contributed by atoms with Gasteiger partial charge in [0.25, 0.3) is 0 Å². The van der Waals surface area contributed by atoms with Gasteiger partial charge in [0, 0.05) is 18.8 Å². The summed E-state index contributed by atoms with van der Waals surface area (Å²) in [4.78, 5) is 4.35. The molecule has 0 aromatic carbocycles. The van der Waals surface area contributed by atoms with Crippen molar-refractivity contribution < 1.29 is 4.42 Å². The minimum absolute atomic E-state index is 0.672. The SMILES string of the molecule is c1cc2occc2c(NCC[C@@H]2CCCN2)n1. The molecule has 17 heavy (non-hydrogen) atoms. The van der Waals surface area contributed by atoms with Crippen molar-refractivity contribution in [3.8, 4) is 0 Å². The molecule has 2 aromatic rings. The normalized spacial score (nSPS) is 19.9. The summed E-state index contributed by atoms with van der Waals surface area (Å²) < 4.78 is 5.35. The van der Waals surface area contributed by atoms with E-state index in [1.807, 2.05) is 12.1 Å². The zero-order chi connectivity index (χ0) is 11.5. The molecule has 90 valence electrons. The van der Waals surface area contributed by atoms with Crippen molar-refractivity contribution in [2.75, 3.05) is 18.4 Å². The monoisotopic (exact) mass is 231 g/mol. The second kappa shape index (κ2) is 4.75. The molecule has 1 atom stereocenters. The number of anilines is 1. The molecule has 2 aromatic heterocycles. The number of fused-ring (bicyclic) bond motifs is 1. The first kappa shape index (κ1) is 10.6. The minimum atomic E-state index is 0.672. The van der Waals surface area contributed by atoms with Gasteiger partial charge in [0.15, 0.2) is 0 Å². The minimum Gasteiger partial charge on any atom is -0.464 e. The van der Waals surface area contributed by atoms with Crippen LogP contribution in [0.3, 0.4) is 0 Å². The number of hydrogen-bond donors (Lipinski definition) is 2. The van der Waals surface area contributed by atoms with Gasteiger partial charge in [-0.15, -0.1) is 0 Å². The Labute approximate surface area is 100 Å². The van der Waals surface area contributed by atoms with Crippen molar-refractivity contribution in [3.63, 3.8) is 0 Å². The summed E-state index contributed by atoms with van der Waals surface area (Å²) in [5.41, 5.74) is 0.890. The van der Waals surface area contributed by atoms with Gasteiger partial charge in [-0.2, -0.15) is 0 Å². The summed E-state index contributed by atoms with van der Waals surface area (Å²) in [5.74, 6) is 0.925. The average Bonchev–Trinajstić information content (AvgIpc) is 2.99. The molecule has 1 aliphatic heterocycles. The molecule has 1 saturated heterocycles. The van der Waals surface area contributed by atoms with Crippen molar-refractivity contribution in [3.05, 3.63) is 24.6 Å². The zero-order valence-electron chi connectivity index (χ0n) is 9.78. The lowest BCUT2D eigenvalue weighted by molar-refractivity contribution is 0.574. The molecule has 3 heterocycles. The van der Waals surface area contributed by atoms with Crippen molar-refractivity contribution in [2.45, 2.75) is 25.3 Å². The van der Waals surface area contributed by atoms with E-state index in [1.165, 1.54) is 19.4 Å². The van der Waals surface area contributed by atoms with E-state index in [2.05, 4.69) is 15.6 Å². The van der Waals surface area contributed by atoms with Gasteiger partial charge in [-0.1, -0.05) is 0 Å². The molecule has 4 nitrogen and oxygen atoms in total.